The number of carbonyl (C=O) groups is 1. The number of pyridine rings is 1. The number of thioether (sulfide) groups is 1. The maximum Gasteiger partial charge on any atom is 0.258 e. The van der Waals surface area contributed by atoms with Crippen LogP contribution in [0.3, 0.4) is 0 Å². The third-order valence-electron chi connectivity index (χ3n) is 6.03. The summed E-state index contributed by atoms with van der Waals surface area (Å²) in [6.45, 7) is 4.03. The smallest absolute Gasteiger partial charge is 0.258 e. The van der Waals surface area contributed by atoms with E-state index in [2.05, 4.69) is 49.9 Å². The van der Waals surface area contributed by atoms with Gasteiger partial charge in [-0.1, -0.05) is 48.2 Å². The van der Waals surface area contributed by atoms with Gasteiger partial charge in [-0.15, -0.1) is 24.8 Å². The van der Waals surface area contributed by atoms with Crippen LogP contribution in [-0.2, 0) is 4.79 Å². The minimum atomic E-state index is 0. The second-order valence-electron chi connectivity index (χ2n) is 7.99. The highest BCUT2D eigenvalue weighted by atomic mass is 35.5. The van der Waals surface area contributed by atoms with Crippen molar-refractivity contribution < 1.29 is 4.79 Å². The number of rotatable bonds is 6. The van der Waals surface area contributed by atoms with Crippen molar-refractivity contribution in [3.63, 3.8) is 0 Å². The van der Waals surface area contributed by atoms with E-state index in [1.165, 1.54) is 30.2 Å². The van der Waals surface area contributed by atoms with Crippen molar-refractivity contribution in [3.05, 3.63) is 70.9 Å². The molecule has 4 heterocycles. The number of nitrogens with zero attached hydrogens (tertiary/aromatic N) is 3. The Morgan fingerprint density at radius 2 is 1.84 bits per heavy atom. The van der Waals surface area contributed by atoms with E-state index in [-0.39, 0.29) is 30.7 Å². The Hall–Kier alpha value is -1.99. The first-order chi connectivity index (χ1) is 14.8. The molecule has 0 atom stereocenters. The number of hydrogen-bond acceptors (Lipinski definition) is 4. The van der Waals surface area contributed by atoms with Gasteiger partial charge in [-0.25, -0.2) is 4.98 Å². The van der Waals surface area contributed by atoms with Crippen molar-refractivity contribution in [2.75, 3.05) is 26.2 Å². The molecule has 5 rings (SSSR count). The predicted octanol–water partition coefficient (Wildman–Crippen LogP) is 5.01. The zero-order valence-corrected chi connectivity index (χ0v) is 20.2. The number of benzene rings is 1. The molecule has 1 amide bonds. The molecule has 8 heteroatoms. The van der Waals surface area contributed by atoms with Crippen molar-refractivity contribution >= 4 is 54.2 Å². The first kappa shape index (κ1) is 24.6. The fraction of sp³-hybridized carbons (Fsp3) is 0.333. The maximum atomic E-state index is 12.7. The van der Waals surface area contributed by atoms with Crippen LogP contribution in [0.15, 0.2) is 64.7 Å². The summed E-state index contributed by atoms with van der Waals surface area (Å²) in [4.78, 5) is 20.3. The van der Waals surface area contributed by atoms with E-state index >= 15 is 0 Å². The highest BCUT2D eigenvalue weighted by Crippen LogP contribution is 2.34. The summed E-state index contributed by atoms with van der Waals surface area (Å²) in [5.74, 6) is 0.697. The molecule has 0 unspecified atom stereocenters. The molecule has 2 aromatic heterocycles. The third kappa shape index (κ3) is 5.31. The highest BCUT2D eigenvalue weighted by molar-refractivity contribution is 8.04. The van der Waals surface area contributed by atoms with Gasteiger partial charge in [0.05, 0.1) is 21.8 Å². The molecule has 0 saturated carbocycles. The van der Waals surface area contributed by atoms with Crippen LogP contribution in [0, 0.1) is 0 Å². The van der Waals surface area contributed by atoms with Gasteiger partial charge in [-0.05, 0) is 68.6 Å². The largest absolute Gasteiger partial charge is 0.352 e. The lowest BCUT2D eigenvalue weighted by atomic mass is 9.89. The van der Waals surface area contributed by atoms with Crippen molar-refractivity contribution in [3.8, 4) is 0 Å². The lowest BCUT2D eigenvalue weighted by Gasteiger charge is -2.32. The summed E-state index contributed by atoms with van der Waals surface area (Å²) >= 11 is 1.51. The van der Waals surface area contributed by atoms with Crippen molar-refractivity contribution in [1.29, 1.82) is 0 Å². The zero-order chi connectivity index (χ0) is 20.3. The van der Waals surface area contributed by atoms with E-state index in [0.717, 1.165) is 47.3 Å². The quantitative estimate of drug-likeness (QED) is 0.493. The Morgan fingerprint density at radius 3 is 2.62 bits per heavy atom. The van der Waals surface area contributed by atoms with Gasteiger partial charge in [0.2, 0.25) is 0 Å². The summed E-state index contributed by atoms with van der Waals surface area (Å²) in [6, 6.07) is 16.9. The number of halogens is 2. The van der Waals surface area contributed by atoms with Gasteiger partial charge in [0.1, 0.15) is 5.65 Å². The van der Waals surface area contributed by atoms with Crippen LogP contribution in [0.2, 0.25) is 0 Å². The van der Waals surface area contributed by atoms with Crippen molar-refractivity contribution in [1.82, 2.24) is 19.6 Å². The zero-order valence-electron chi connectivity index (χ0n) is 17.8. The van der Waals surface area contributed by atoms with Gasteiger partial charge in [0, 0.05) is 6.54 Å². The Bertz CT molecular complexity index is 1080. The highest BCUT2D eigenvalue weighted by Gasteiger charge is 2.21. The molecule has 1 saturated heterocycles. The summed E-state index contributed by atoms with van der Waals surface area (Å²) in [5, 5.41) is 4.13. The number of carbonyl (C=O) groups excluding carboxylic acids is 1. The number of imidazole rings is 1. The molecule has 3 aromatic rings. The number of hydrogen-bond donors (Lipinski definition) is 1. The molecule has 1 fully saturated rings. The van der Waals surface area contributed by atoms with E-state index in [9.17, 15) is 4.79 Å². The van der Waals surface area contributed by atoms with Gasteiger partial charge in [-0.2, -0.15) is 0 Å². The standard InChI is InChI=1S/C24H26N4OS.2ClH/c29-24(21-16-20-17-26-22-8-4-9-23(30-21)28(20)22)25-12-5-13-27-14-10-19(11-15-27)18-6-2-1-3-7-18;;/h1-4,6-9,16-17,19H,5,10-15H2,(H,25,29);2*1H. The topological polar surface area (TPSA) is 49.6 Å². The fourth-order valence-electron chi connectivity index (χ4n) is 4.41. The first-order valence-electron chi connectivity index (χ1n) is 10.7. The van der Waals surface area contributed by atoms with Crippen LogP contribution >= 0.6 is 36.6 Å². The number of nitrogens with one attached hydrogen (secondary N) is 1. The molecule has 0 bridgehead atoms. The molecule has 2 aliphatic rings. The second kappa shape index (κ2) is 11.2. The van der Waals surface area contributed by atoms with Crippen LogP contribution in [0.4, 0.5) is 0 Å². The minimum Gasteiger partial charge on any atom is -0.352 e. The number of piperidine rings is 1. The van der Waals surface area contributed by atoms with Gasteiger partial charge in [0.25, 0.3) is 5.91 Å². The van der Waals surface area contributed by atoms with E-state index in [1.54, 1.807) is 0 Å². The Morgan fingerprint density at radius 1 is 1.06 bits per heavy atom. The summed E-state index contributed by atoms with van der Waals surface area (Å²) < 4.78 is 2.08. The van der Waals surface area contributed by atoms with Gasteiger partial charge in [-0.3, -0.25) is 9.20 Å². The lowest BCUT2D eigenvalue weighted by molar-refractivity contribution is -0.116. The molecule has 1 aromatic carbocycles. The maximum absolute atomic E-state index is 12.7. The molecule has 0 radical (unpaired) electrons. The molecule has 0 spiro atoms. The Balaban J connectivity index is 0.00000144. The molecular formula is C24H28Cl2N4OS. The van der Waals surface area contributed by atoms with E-state index < -0.39 is 0 Å². The molecule has 170 valence electrons. The van der Waals surface area contributed by atoms with Crippen LogP contribution in [0.1, 0.15) is 36.4 Å². The molecule has 0 aliphatic carbocycles. The summed E-state index contributed by atoms with van der Waals surface area (Å²) in [7, 11) is 0. The Kier molecular flexibility index (Phi) is 8.65. The molecular weight excluding hydrogens is 463 g/mol. The van der Waals surface area contributed by atoms with Crippen molar-refractivity contribution in [2.45, 2.75) is 30.2 Å². The van der Waals surface area contributed by atoms with Crippen molar-refractivity contribution in [2.24, 2.45) is 0 Å². The lowest BCUT2D eigenvalue weighted by Crippen LogP contribution is -2.35. The number of likely N-dealkylation sites (tertiary alicyclic amines) is 1. The predicted molar refractivity (Wildman–Crippen MR) is 136 cm³/mol. The Labute approximate surface area is 205 Å². The third-order valence-corrected chi connectivity index (χ3v) is 7.08. The second-order valence-corrected chi connectivity index (χ2v) is 9.05. The SMILES string of the molecule is Cl.Cl.O=C(NCCCN1CCC(c2ccccc2)CC1)C1=Cc2cnc3cccc(n23)S1. The summed E-state index contributed by atoms with van der Waals surface area (Å²) in [6.07, 6.45) is 7.18. The molecule has 1 N–H and O–H groups in total. The normalized spacial score (nSPS) is 16.1. The average Bonchev–Trinajstić information content (AvgIpc) is 3.22. The first-order valence-corrected chi connectivity index (χ1v) is 11.5. The molecule has 5 nitrogen and oxygen atoms in total. The average molecular weight is 491 g/mol. The van der Waals surface area contributed by atoms with Crippen LogP contribution < -0.4 is 5.32 Å². The fourth-order valence-corrected chi connectivity index (χ4v) is 5.41. The molecule has 32 heavy (non-hydrogen) atoms. The van der Waals surface area contributed by atoms with Gasteiger partial charge in [0.15, 0.2) is 0 Å². The summed E-state index contributed by atoms with van der Waals surface area (Å²) in [5.41, 5.74) is 3.35. The number of aromatic nitrogens is 2. The van der Waals surface area contributed by atoms with Gasteiger partial charge >= 0.3 is 0 Å². The van der Waals surface area contributed by atoms with Crippen LogP contribution in [0.5, 0.6) is 0 Å². The van der Waals surface area contributed by atoms with E-state index in [0.29, 0.717) is 12.5 Å². The number of amides is 1. The van der Waals surface area contributed by atoms with E-state index in [4.69, 9.17) is 0 Å². The van der Waals surface area contributed by atoms with E-state index in [1.807, 2.05) is 30.5 Å². The molecule has 2 aliphatic heterocycles. The van der Waals surface area contributed by atoms with Crippen LogP contribution in [-0.4, -0.2) is 46.4 Å². The van der Waals surface area contributed by atoms with Gasteiger partial charge < -0.3 is 10.2 Å². The van der Waals surface area contributed by atoms with Crippen LogP contribution in [0.25, 0.3) is 11.7 Å². The minimum absolute atomic E-state index is 0. The monoisotopic (exact) mass is 490 g/mol.